The van der Waals surface area contributed by atoms with Crippen molar-refractivity contribution in [3.8, 4) is 0 Å². The summed E-state index contributed by atoms with van der Waals surface area (Å²) in [6.07, 6.45) is 79.5. The van der Waals surface area contributed by atoms with Crippen LogP contribution >= 0.6 is 0 Å². The second-order valence-electron chi connectivity index (χ2n) is 26.3. The van der Waals surface area contributed by atoms with Gasteiger partial charge in [-0.15, -0.1) is 0 Å². The van der Waals surface area contributed by atoms with Crippen LogP contribution in [0.2, 0.25) is 0 Å². The maximum absolute atomic E-state index is 13.1. The van der Waals surface area contributed by atoms with Gasteiger partial charge in [0.15, 0.2) is 6.29 Å². The molecule has 7 unspecified atom stereocenters. The van der Waals surface area contributed by atoms with Crippen LogP contribution in [0.3, 0.4) is 0 Å². The molecule has 0 radical (unpaired) electrons. The fourth-order valence-electron chi connectivity index (χ4n) is 11.8. The third-order valence-electron chi connectivity index (χ3n) is 17.8. The first-order valence-electron chi connectivity index (χ1n) is 38.1. The van der Waals surface area contributed by atoms with Crippen molar-refractivity contribution in [2.75, 3.05) is 19.8 Å². The number of amides is 1. The van der Waals surface area contributed by atoms with E-state index in [1.165, 1.54) is 263 Å². The van der Waals surface area contributed by atoms with Crippen molar-refractivity contribution in [2.24, 2.45) is 0 Å². The molecule has 1 aliphatic heterocycles. The molecule has 0 aromatic rings. The molecule has 0 bridgehead atoms. The van der Waals surface area contributed by atoms with Gasteiger partial charge in [0.05, 0.1) is 32.0 Å². The quantitative estimate of drug-likeness (QED) is 0.0195. The first-order valence-corrected chi connectivity index (χ1v) is 38.1. The van der Waals surface area contributed by atoms with Crippen molar-refractivity contribution < 1.29 is 49.3 Å². The van der Waals surface area contributed by atoms with Crippen molar-refractivity contribution in [3.05, 3.63) is 60.8 Å². The number of rotatable bonds is 67. The average molecular weight is 1250 g/mol. The van der Waals surface area contributed by atoms with Crippen LogP contribution in [0.4, 0.5) is 0 Å². The Bertz CT molecular complexity index is 1660. The van der Waals surface area contributed by atoms with Crippen LogP contribution in [-0.4, -0.2) is 100 Å². The fraction of sp³-hybridized carbons (Fsp3) is 0.846. The van der Waals surface area contributed by atoms with E-state index in [2.05, 4.69) is 67.8 Å². The van der Waals surface area contributed by atoms with E-state index in [0.29, 0.717) is 19.4 Å². The standard InChI is InChI=1S/C78H143NO10/c1-3-5-7-9-11-13-15-17-42-46-50-54-58-62-66-74(83)87-67-63-59-55-51-47-43-40-38-36-34-32-30-28-26-24-22-20-18-19-21-23-25-27-29-31-33-35-37-39-41-45-49-53-57-61-65-73(82)79-70(69-88-78-77(86)76(85)75(84)72(68-80)89-78)71(81)64-60-56-52-48-44-16-14-12-10-8-6-4-2/h9,11,15,17,20,22,26,28,60,64,70-72,75-78,80-81,84-86H,3-8,10,12-14,16,18-19,21,23-25,27,29-59,61-63,65-69H2,1-2H3,(H,79,82)/b11-9-,17-15-,22-20-,28-26-,64-60+. The molecule has 1 amide bonds. The van der Waals surface area contributed by atoms with E-state index in [0.717, 1.165) is 70.6 Å². The van der Waals surface area contributed by atoms with Gasteiger partial charge in [0.1, 0.15) is 24.4 Å². The summed E-state index contributed by atoms with van der Waals surface area (Å²) in [5.74, 6) is -0.183. The zero-order chi connectivity index (χ0) is 64.4. The van der Waals surface area contributed by atoms with Crippen molar-refractivity contribution in [2.45, 2.75) is 403 Å². The molecule has 89 heavy (non-hydrogen) atoms. The fourth-order valence-corrected chi connectivity index (χ4v) is 11.8. The number of hydrogen-bond donors (Lipinski definition) is 6. The predicted octanol–water partition coefficient (Wildman–Crippen LogP) is 20.1. The number of ether oxygens (including phenoxy) is 3. The van der Waals surface area contributed by atoms with E-state index < -0.39 is 49.5 Å². The Morgan fingerprint density at radius 3 is 1.17 bits per heavy atom. The third-order valence-corrected chi connectivity index (χ3v) is 17.8. The summed E-state index contributed by atoms with van der Waals surface area (Å²) in [5.41, 5.74) is 0. The van der Waals surface area contributed by atoms with Crippen molar-refractivity contribution in [1.82, 2.24) is 5.32 Å². The number of aliphatic hydroxyl groups excluding tert-OH is 5. The van der Waals surface area contributed by atoms with Crippen LogP contribution in [0.25, 0.3) is 0 Å². The molecule has 1 rings (SSSR count). The van der Waals surface area contributed by atoms with E-state index in [-0.39, 0.29) is 18.5 Å². The molecule has 11 nitrogen and oxygen atoms in total. The molecule has 0 spiro atoms. The first kappa shape index (κ1) is 84.4. The number of unbranched alkanes of at least 4 members (excludes halogenated alkanes) is 45. The Balaban J connectivity index is 1.93. The average Bonchev–Trinajstić information content (AvgIpc) is 2.30. The summed E-state index contributed by atoms with van der Waals surface area (Å²) in [7, 11) is 0. The topological polar surface area (TPSA) is 175 Å². The van der Waals surface area contributed by atoms with Gasteiger partial charge in [-0.1, -0.05) is 319 Å². The number of esters is 1. The van der Waals surface area contributed by atoms with E-state index in [4.69, 9.17) is 14.2 Å². The summed E-state index contributed by atoms with van der Waals surface area (Å²) >= 11 is 0. The summed E-state index contributed by atoms with van der Waals surface area (Å²) < 4.78 is 16.7. The second-order valence-corrected chi connectivity index (χ2v) is 26.3. The Kier molecular flexibility index (Phi) is 63.3. The molecule has 6 N–H and O–H groups in total. The molecule has 7 atom stereocenters. The van der Waals surface area contributed by atoms with Gasteiger partial charge >= 0.3 is 5.97 Å². The minimum Gasteiger partial charge on any atom is -0.466 e. The molecular weight excluding hydrogens is 1110 g/mol. The molecule has 0 aliphatic carbocycles. The van der Waals surface area contributed by atoms with Crippen LogP contribution in [0.1, 0.15) is 361 Å². The van der Waals surface area contributed by atoms with Gasteiger partial charge in [-0.3, -0.25) is 9.59 Å². The number of carbonyl (C=O) groups excluding carboxylic acids is 2. The highest BCUT2D eigenvalue weighted by Crippen LogP contribution is 2.23. The largest absolute Gasteiger partial charge is 0.466 e. The lowest BCUT2D eigenvalue weighted by atomic mass is 9.99. The number of carbonyl (C=O) groups is 2. The van der Waals surface area contributed by atoms with Crippen molar-refractivity contribution in [1.29, 1.82) is 0 Å². The number of allylic oxidation sites excluding steroid dienone is 9. The molecule has 520 valence electrons. The lowest BCUT2D eigenvalue weighted by Gasteiger charge is -2.40. The van der Waals surface area contributed by atoms with Crippen molar-refractivity contribution >= 4 is 11.9 Å². The minimum absolute atomic E-state index is 0.00468. The summed E-state index contributed by atoms with van der Waals surface area (Å²) in [6.45, 7) is 4.32. The van der Waals surface area contributed by atoms with E-state index >= 15 is 0 Å². The lowest BCUT2D eigenvalue weighted by Crippen LogP contribution is -2.60. The summed E-state index contributed by atoms with van der Waals surface area (Å²) in [4.78, 5) is 25.1. The Morgan fingerprint density at radius 1 is 0.416 bits per heavy atom. The van der Waals surface area contributed by atoms with Crippen LogP contribution in [-0.2, 0) is 23.8 Å². The zero-order valence-electron chi connectivity index (χ0n) is 57.9. The molecular formula is C78H143NO10. The third kappa shape index (κ3) is 55.5. The van der Waals surface area contributed by atoms with Gasteiger partial charge in [0.2, 0.25) is 5.91 Å². The van der Waals surface area contributed by atoms with Crippen molar-refractivity contribution in [3.63, 3.8) is 0 Å². The van der Waals surface area contributed by atoms with Gasteiger partial charge in [-0.2, -0.15) is 0 Å². The highest BCUT2D eigenvalue weighted by atomic mass is 16.7. The number of aliphatic hydroxyl groups is 5. The highest BCUT2D eigenvalue weighted by Gasteiger charge is 2.44. The lowest BCUT2D eigenvalue weighted by molar-refractivity contribution is -0.302. The molecule has 0 aromatic carbocycles. The maximum atomic E-state index is 13.1. The Morgan fingerprint density at radius 2 is 0.764 bits per heavy atom. The Hall–Kier alpha value is -2.64. The maximum Gasteiger partial charge on any atom is 0.305 e. The Labute approximate surface area is 548 Å². The van der Waals surface area contributed by atoms with E-state index in [1.807, 2.05) is 6.08 Å². The smallest absolute Gasteiger partial charge is 0.305 e. The predicted molar refractivity (Wildman–Crippen MR) is 375 cm³/mol. The van der Waals surface area contributed by atoms with Crippen LogP contribution in [0.5, 0.6) is 0 Å². The van der Waals surface area contributed by atoms with Gasteiger partial charge < -0.3 is 45.1 Å². The summed E-state index contributed by atoms with van der Waals surface area (Å²) in [5, 5.41) is 54.5. The molecule has 0 aromatic heterocycles. The molecule has 11 heteroatoms. The SMILES string of the molecule is CCCC/C=C\C/C=C\CCCCCCCC(=O)OCCCCCCCCCCCCC/C=C\C/C=C\CCCCCCCCCCCCCCCCCCCC(=O)NC(COC1OC(CO)C(O)C(O)C1O)C(O)/C=C/CCCCCCCCCCCC. The van der Waals surface area contributed by atoms with E-state index in [1.54, 1.807) is 6.08 Å². The van der Waals surface area contributed by atoms with Gasteiger partial charge in [0.25, 0.3) is 0 Å². The summed E-state index contributed by atoms with van der Waals surface area (Å²) in [6, 6.07) is -0.809. The minimum atomic E-state index is -1.57. The van der Waals surface area contributed by atoms with Gasteiger partial charge in [-0.25, -0.2) is 0 Å². The van der Waals surface area contributed by atoms with Crippen LogP contribution in [0, 0.1) is 0 Å². The highest BCUT2D eigenvalue weighted by molar-refractivity contribution is 5.76. The molecule has 1 fully saturated rings. The van der Waals surface area contributed by atoms with Gasteiger partial charge in [-0.05, 0) is 89.9 Å². The first-order chi connectivity index (χ1) is 43.7. The van der Waals surface area contributed by atoms with Crippen LogP contribution in [0.15, 0.2) is 60.8 Å². The van der Waals surface area contributed by atoms with E-state index in [9.17, 15) is 35.1 Å². The number of nitrogens with one attached hydrogen (secondary N) is 1. The normalized spacial score (nSPS) is 18.0. The molecule has 0 saturated carbocycles. The zero-order valence-corrected chi connectivity index (χ0v) is 57.9. The van der Waals surface area contributed by atoms with Gasteiger partial charge in [0, 0.05) is 12.8 Å². The molecule has 1 saturated heterocycles. The van der Waals surface area contributed by atoms with Crippen LogP contribution < -0.4 is 5.32 Å². The monoisotopic (exact) mass is 1250 g/mol. The second kappa shape index (κ2) is 66.8. The number of hydrogen-bond acceptors (Lipinski definition) is 10. The molecule has 1 aliphatic rings. The molecule has 1 heterocycles.